The first-order valence-electron chi connectivity index (χ1n) is 7.40. The standard InChI is InChI=1S/C10H10BrN.C9H6N2/c11-6-5-8-7-12-10-4-2-1-3-9(8)10;10-5-7-6-11-9-4-2-1-3-8(7)9/h1-4,7,12H,5-6H2;1-4,6,11H. The Labute approximate surface area is 143 Å². The molecule has 2 aromatic carbocycles. The summed E-state index contributed by atoms with van der Waals surface area (Å²) in [7, 11) is 0. The fraction of sp³-hybridized carbons (Fsp3) is 0.105. The molecule has 0 saturated heterocycles. The molecule has 0 spiro atoms. The minimum atomic E-state index is 0.709. The number of hydrogen-bond acceptors (Lipinski definition) is 1. The lowest BCUT2D eigenvalue weighted by Crippen LogP contribution is -1.81. The summed E-state index contributed by atoms with van der Waals surface area (Å²) in [5.74, 6) is 0. The first kappa shape index (κ1) is 15.4. The molecule has 2 N–H and O–H groups in total. The Morgan fingerprint density at radius 1 is 0.870 bits per heavy atom. The zero-order valence-electron chi connectivity index (χ0n) is 12.5. The molecule has 0 aliphatic carbocycles. The number of aromatic nitrogens is 2. The number of fused-ring (bicyclic) bond motifs is 2. The molecule has 0 bridgehead atoms. The van der Waals surface area contributed by atoms with Crippen LogP contribution < -0.4 is 0 Å². The maximum atomic E-state index is 8.65. The summed E-state index contributed by atoms with van der Waals surface area (Å²) in [5, 5.41) is 12.0. The average molecular weight is 366 g/mol. The maximum Gasteiger partial charge on any atom is 0.101 e. The molecule has 0 aliphatic rings. The van der Waals surface area contributed by atoms with Gasteiger partial charge in [0.05, 0.1) is 5.56 Å². The van der Waals surface area contributed by atoms with Crippen LogP contribution in [0.4, 0.5) is 0 Å². The molecule has 4 heteroatoms. The highest BCUT2D eigenvalue weighted by Gasteiger charge is 2.00. The molecule has 4 aromatic rings. The summed E-state index contributed by atoms with van der Waals surface area (Å²) in [6, 6.07) is 18.3. The van der Waals surface area contributed by atoms with E-state index in [-0.39, 0.29) is 0 Å². The lowest BCUT2D eigenvalue weighted by molar-refractivity contribution is 1.18. The van der Waals surface area contributed by atoms with Crippen molar-refractivity contribution in [2.24, 2.45) is 0 Å². The fourth-order valence-electron chi connectivity index (χ4n) is 2.60. The Bertz CT molecular complexity index is 959. The Kier molecular flexibility index (Phi) is 4.80. The quantitative estimate of drug-likeness (QED) is 0.474. The van der Waals surface area contributed by atoms with Gasteiger partial charge in [-0.3, -0.25) is 0 Å². The predicted octanol–water partition coefficient (Wildman–Crippen LogP) is 5.14. The molecule has 4 rings (SSSR count). The van der Waals surface area contributed by atoms with Crippen molar-refractivity contribution < 1.29 is 0 Å². The van der Waals surface area contributed by atoms with Crippen molar-refractivity contribution >= 4 is 37.7 Å². The zero-order valence-corrected chi connectivity index (χ0v) is 14.1. The van der Waals surface area contributed by atoms with Crippen LogP contribution in [-0.4, -0.2) is 15.3 Å². The lowest BCUT2D eigenvalue weighted by Gasteiger charge is -1.93. The Hall–Kier alpha value is -2.51. The second-order valence-corrected chi connectivity index (χ2v) is 5.95. The van der Waals surface area contributed by atoms with E-state index in [1.165, 1.54) is 16.5 Å². The Morgan fingerprint density at radius 2 is 1.48 bits per heavy atom. The van der Waals surface area contributed by atoms with Gasteiger partial charge in [0, 0.05) is 39.5 Å². The maximum absolute atomic E-state index is 8.65. The van der Waals surface area contributed by atoms with Gasteiger partial charge in [-0.15, -0.1) is 0 Å². The number of benzene rings is 2. The van der Waals surface area contributed by atoms with E-state index in [4.69, 9.17) is 5.26 Å². The SMILES string of the molecule is BrCCc1c[nH]c2ccccc12.N#Cc1c[nH]c2ccccc12. The lowest BCUT2D eigenvalue weighted by atomic mass is 10.1. The minimum absolute atomic E-state index is 0.709. The second kappa shape index (κ2) is 7.17. The van der Waals surface area contributed by atoms with E-state index in [2.05, 4.69) is 62.4 Å². The molecule has 0 unspecified atom stereocenters. The molecule has 0 amide bonds. The first-order valence-corrected chi connectivity index (χ1v) is 8.53. The van der Waals surface area contributed by atoms with Gasteiger partial charge in [-0.1, -0.05) is 52.3 Å². The van der Waals surface area contributed by atoms with Gasteiger partial charge in [0.15, 0.2) is 0 Å². The highest BCUT2D eigenvalue weighted by atomic mass is 79.9. The van der Waals surface area contributed by atoms with Crippen molar-refractivity contribution in [1.29, 1.82) is 5.26 Å². The first-order chi connectivity index (χ1) is 11.3. The van der Waals surface area contributed by atoms with Gasteiger partial charge in [-0.25, -0.2) is 0 Å². The molecule has 2 aromatic heterocycles. The third-order valence-electron chi connectivity index (χ3n) is 3.75. The molecular weight excluding hydrogens is 350 g/mol. The van der Waals surface area contributed by atoms with Gasteiger partial charge in [-0.2, -0.15) is 5.26 Å². The van der Waals surface area contributed by atoms with E-state index in [1.54, 1.807) is 6.20 Å². The summed E-state index contributed by atoms with van der Waals surface area (Å²) in [4.78, 5) is 6.27. The van der Waals surface area contributed by atoms with Crippen LogP contribution in [-0.2, 0) is 6.42 Å². The van der Waals surface area contributed by atoms with Crippen LogP contribution in [0.3, 0.4) is 0 Å². The van der Waals surface area contributed by atoms with Crippen LogP contribution in [0, 0.1) is 11.3 Å². The number of nitrogens with one attached hydrogen (secondary N) is 2. The third-order valence-corrected chi connectivity index (χ3v) is 4.14. The number of para-hydroxylation sites is 2. The molecule has 0 radical (unpaired) electrons. The third kappa shape index (κ3) is 3.30. The average Bonchev–Trinajstić information content (AvgIpc) is 3.20. The number of halogens is 1. The normalized spacial score (nSPS) is 10.3. The van der Waals surface area contributed by atoms with Gasteiger partial charge in [0.1, 0.15) is 6.07 Å². The number of hydrogen-bond donors (Lipinski definition) is 2. The molecule has 2 heterocycles. The number of aryl methyl sites for hydroxylation is 1. The van der Waals surface area contributed by atoms with Crippen LogP contribution in [0.5, 0.6) is 0 Å². The molecule has 0 fully saturated rings. The van der Waals surface area contributed by atoms with Gasteiger partial charge < -0.3 is 9.97 Å². The van der Waals surface area contributed by atoms with E-state index in [0.29, 0.717) is 5.56 Å². The molecule has 0 aliphatic heterocycles. The van der Waals surface area contributed by atoms with Gasteiger partial charge in [0.2, 0.25) is 0 Å². The summed E-state index contributed by atoms with van der Waals surface area (Å²) in [5.41, 5.74) is 4.35. The van der Waals surface area contributed by atoms with Crippen LogP contribution >= 0.6 is 15.9 Å². The predicted molar refractivity (Wildman–Crippen MR) is 98.8 cm³/mol. The van der Waals surface area contributed by atoms with E-state index in [1.807, 2.05) is 24.3 Å². The van der Waals surface area contributed by atoms with Crippen molar-refractivity contribution in [3.8, 4) is 6.07 Å². The largest absolute Gasteiger partial charge is 0.361 e. The number of rotatable bonds is 2. The van der Waals surface area contributed by atoms with E-state index in [9.17, 15) is 0 Å². The smallest absolute Gasteiger partial charge is 0.101 e. The fourth-order valence-corrected chi connectivity index (χ4v) is 3.03. The van der Waals surface area contributed by atoms with Gasteiger partial charge in [0.25, 0.3) is 0 Å². The molecule has 3 nitrogen and oxygen atoms in total. The van der Waals surface area contributed by atoms with Crippen molar-refractivity contribution in [3.63, 3.8) is 0 Å². The number of nitrogens with zero attached hydrogens (tertiary/aromatic N) is 1. The summed E-state index contributed by atoms with van der Waals surface area (Å²) < 4.78 is 0. The van der Waals surface area contributed by atoms with Crippen LogP contribution in [0.1, 0.15) is 11.1 Å². The van der Waals surface area contributed by atoms with Crippen LogP contribution in [0.25, 0.3) is 21.8 Å². The Morgan fingerprint density at radius 3 is 2.17 bits per heavy atom. The number of H-pyrrole nitrogens is 2. The monoisotopic (exact) mass is 365 g/mol. The van der Waals surface area contributed by atoms with Gasteiger partial charge in [-0.05, 0) is 24.1 Å². The number of alkyl halides is 1. The highest BCUT2D eigenvalue weighted by Crippen LogP contribution is 2.18. The second-order valence-electron chi connectivity index (χ2n) is 5.16. The van der Waals surface area contributed by atoms with Crippen molar-refractivity contribution in [1.82, 2.24) is 9.97 Å². The molecule has 23 heavy (non-hydrogen) atoms. The Balaban J connectivity index is 0.000000136. The number of aromatic amines is 2. The summed E-state index contributed by atoms with van der Waals surface area (Å²) in [6.45, 7) is 0. The van der Waals surface area contributed by atoms with Gasteiger partial charge >= 0.3 is 0 Å². The van der Waals surface area contributed by atoms with Crippen molar-refractivity contribution in [2.75, 3.05) is 5.33 Å². The molecular formula is C19H16BrN3. The van der Waals surface area contributed by atoms with Crippen LogP contribution in [0.2, 0.25) is 0 Å². The molecule has 0 saturated carbocycles. The van der Waals surface area contributed by atoms with Crippen LogP contribution in [0.15, 0.2) is 60.9 Å². The minimum Gasteiger partial charge on any atom is -0.361 e. The zero-order chi connectivity index (χ0) is 16.1. The summed E-state index contributed by atoms with van der Waals surface area (Å²) in [6.07, 6.45) is 4.90. The van der Waals surface area contributed by atoms with E-state index < -0.39 is 0 Å². The highest BCUT2D eigenvalue weighted by molar-refractivity contribution is 9.09. The molecule has 114 valence electrons. The van der Waals surface area contributed by atoms with E-state index >= 15 is 0 Å². The van der Waals surface area contributed by atoms with Crippen molar-refractivity contribution in [2.45, 2.75) is 6.42 Å². The van der Waals surface area contributed by atoms with E-state index in [0.717, 1.165) is 22.7 Å². The topological polar surface area (TPSA) is 55.4 Å². The van der Waals surface area contributed by atoms with Crippen molar-refractivity contribution in [3.05, 3.63) is 72.1 Å². The molecule has 0 atom stereocenters. The number of nitriles is 1. The summed E-state index contributed by atoms with van der Waals surface area (Å²) >= 11 is 3.44.